The zero-order chi connectivity index (χ0) is 25.8. The van der Waals surface area contributed by atoms with Crippen LogP contribution in [-0.4, -0.2) is 85.8 Å². The highest BCUT2D eigenvalue weighted by Gasteiger charge is 2.46. The Bertz CT molecular complexity index is 1220. The van der Waals surface area contributed by atoms with Gasteiger partial charge in [0.05, 0.1) is 24.8 Å². The van der Waals surface area contributed by atoms with E-state index < -0.39 is 17.7 Å². The van der Waals surface area contributed by atoms with Gasteiger partial charge >= 0.3 is 0 Å². The van der Waals surface area contributed by atoms with Crippen molar-refractivity contribution >= 4 is 17.4 Å². The molecule has 0 radical (unpaired) electrons. The highest BCUT2D eigenvalue weighted by Crippen LogP contribution is 2.41. The van der Waals surface area contributed by atoms with Crippen LogP contribution in [0.15, 0.2) is 60.7 Å². The quantitative estimate of drug-likeness (QED) is 0.253. The van der Waals surface area contributed by atoms with E-state index in [0.29, 0.717) is 74.5 Å². The van der Waals surface area contributed by atoms with E-state index in [4.69, 9.17) is 18.9 Å². The van der Waals surface area contributed by atoms with Crippen molar-refractivity contribution in [2.24, 2.45) is 0 Å². The molecule has 9 heteroatoms. The second kappa shape index (κ2) is 11.1. The van der Waals surface area contributed by atoms with Crippen molar-refractivity contribution in [2.75, 3.05) is 59.2 Å². The lowest BCUT2D eigenvalue weighted by Crippen LogP contribution is -2.42. The molecule has 0 aromatic heterocycles. The third-order valence-corrected chi connectivity index (χ3v) is 6.66. The van der Waals surface area contributed by atoms with Crippen molar-refractivity contribution in [2.45, 2.75) is 6.04 Å². The number of hydrogen-bond donors (Lipinski definition) is 1. The summed E-state index contributed by atoms with van der Waals surface area (Å²) in [4.78, 5) is 30.4. The Kier molecular flexibility index (Phi) is 7.43. The van der Waals surface area contributed by atoms with Crippen molar-refractivity contribution in [1.29, 1.82) is 0 Å². The van der Waals surface area contributed by atoms with Crippen molar-refractivity contribution in [1.82, 2.24) is 9.80 Å². The molecule has 0 saturated carbocycles. The van der Waals surface area contributed by atoms with Crippen LogP contribution in [0.3, 0.4) is 0 Å². The number of Topliss-reactive ketones (excluding diaryl/α,β-unsaturated/α-hetero) is 1. The van der Waals surface area contributed by atoms with E-state index in [9.17, 15) is 14.7 Å². The number of morpholine rings is 1. The van der Waals surface area contributed by atoms with Gasteiger partial charge in [-0.05, 0) is 35.9 Å². The van der Waals surface area contributed by atoms with Crippen LogP contribution in [0.4, 0.5) is 0 Å². The number of fused-ring (bicyclic) bond motifs is 1. The molecule has 3 aliphatic heterocycles. The molecular weight excluding hydrogens is 476 g/mol. The fourth-order valence-corrected chi connectivity index (χ4v) is 4.81. The SMILES string of the molecule is C=CCOc1cccc([C@H]2C(=C(O)c3ccc4c(c3)OCCO4)C(=O)C(=O)N2CCN2CCOCC2)c1. The van der Waals surface area contributed by atoms with Gasteiger partial charge in [-0.25, -0.2) is 0 Å². The zero-order valence-corrected chi connectivity index (χ0v) is 20.6. The molecule has 3 heterocycles. The normalized spacial score (nSPS) is 21.2. The van der Waals surface area contributed by atoms with Gasteiger partial charge in [0.1, 0.15) is 31.3 Å². The van der Waals surface area contributed by atoms with Crippen LogP contribution in [0.2, 0.25) is 0 Å². The van der Waals surface area contributed by atoms with Crippen LogP contribution in [0.5, 0.6) is 17.2 Å². The molecular formula is C28H30N2O7. The summed E-state index contributed by atoms with van der Waals surface area (Å²) in [6.07, 6.45) is 1.64. The molecule has 1 N–H and O–H groups in total. The first-order chi connectivity index (χ1) is 18.1. The van der Waals surface area contributed by atoms with Crippen LogP contribution in [0.25, 0.3) is 5.76 Å². The maximum atomic E-state index is 13.4. The molecule has 0 bridgehead atoms. The largest absolute Gasteiger partial charge is 0.507 e. The van der Waals surface area contributed by atoms with Crippen LogP contribution in [0.1, 0.15) is 17.2 Å². The second-order valence-electron chi connectivity index (χ2n) is 8.98. The predicted octanol–water partition coefficient (Wildman–Crippen LogP) is 2.78. The van der Waals surface area contributed by atoms with Crippen molar-refractivity contribution in [3.8, 4) is 17.2 Å². The molecule has 0 spiro atoms. The minimum absolute atomic E-state index is 0.0320. The van der Waals surface area contributed by atoms with Gasteiger partial charge in [-0.15, -0.1) is 0 Å². The summed E-state index contributed by atoms with van der Waals surface area (Å²) in [6.45, 7) is 8.53. The number of ketones is 1. The molecule has 5 rings (SSSR count). The molecule has 2 fully saturated rings. The third-order valence-electron chi connectivity index (χ3n) is 6.66. The van der Waals surface area contributed by atoms with Crippen molar-refractivity contribution < 1.29 is 33.6 Å². The fraction of sp³-hybridized carbons (Fsp3) is 0.357. The number of aliphatic hydroxyl groups excluding tert-OH is 1. The lowest BCUT2D eigenvalue weighted by Gasteiger charge is -2.31. The lowest BCUT2D eigenvalue weighted by molar-refractivity contribution is -0.140. The van der Waals surface area contributed by atoms with E-state index in [1.54, 1.807) is 42.5 Å². The van der Waals surface area contributed by atoms with Gasteiger partial charge in [0.2, 0.25) is 0 Å². The van der Waals surface area contributed by atoms with Gasteiger partial charge in [-0.1, -0.05) is 24.8 Å². The van der Waals surface area contributed by atoms with E-state index in [1.807, 2.05) is 6.07 Å². The highest BCUT2D eigenvalue weighted by atomic mass is 16.6. The fourth-order valence-electron chi connectivity index (χ4n) is 4.81. The Morgan fingerprint density at radius 3 is 2.59 bits per heavy atom. The number of amides is 1. The smallest absolute Gasteiger partial charge is 0.295 e. The second-order valence-corrected chi connectivity index (χ2v) is 8.98. The molecule has 2 saturated heterocycles. The first kappa shape index (κ1) is 24.9. The molecule has 2 aromatic rings. The summed E-state index contributed by atoms with van der Waals surface area (Å²) in [7, 11) is 0. The minimum Gasteiger partial charge on any atom is -0.507 e. The maximum absolute atomic E-state index is 13.4. The zero-order valence-electron chi connectivity index (χ0n) is 20.6. The maximum Gasteiger partial charge on any atom is 0.295 e. The monoisotopic (exact) mass is 506 g/mol. The molecule has 37 heavy (non-hydrogen) atoms. The molecule has 2 aromatic carbocycles. The van der Waals surface area contributed by atoms with Gasteiger partial charge in [-0.3, -0.25) is 14.5 Å². The molecule has 9 nitrogen and oxygen atoms in total. The van der Waals surface area contributed by atoms with Crippen LogP contribution >= 0.6 is 0 Å². The molecule has 1 amide bonds. The van der Waals surface area contributed by atoms with Gasteiger partial charge < -0.3 is 29.0 Å². The standard InChI is InChI=1S/C28H30N2O7/c1-2-12-35-21-5-3-4-19(17-21)25-24(26(31)20-6-7-22-23(18-20)37-16-15-36-22)27(32)28(33)30(25)9-8-29-10-13-34-14-11-29/h2-7,17-18,25,31H,1,8-16H2/t25-/m0/s1. The Balaban J connectivity index is 1.54. The predicted molar refractivity (Wildman–Crippen MR) is 136 cm³/mol. The Morgan fingerprint density at radius 1 is 1.03 bits per heavy atom. The number of carbonyl (C=O) groups is 2. The number of carbonyl (C=O) groups excluding carboxylic acids is 2. The number of nitrogens with zero attached hydrogens (tertiary/aromatic N) is 2. The van der Waals surface area contributed by atoms with Gasteiger partial charge in [-0.2, -0.15) is 0 Å². The van der Waals surface area contributed by atoms with E-state index >= 15 is 0 Å². The van der Waals surface area contributed by atoms with Gasteiger partial charge in [0.15, 0.2) is 11.5 Å². The number of benzene rings is 2. The molecule has 194 valence electrons. The molecule has 0 unspecified atom stereocenters. The van der Waals surface area contributed by atoms with Crippen LogP contribution < -0.4 is 14.2 Å². The first-order valence-corrected chi connectivity index (χ1v) is 12.4. The summed E-state index contributed by atoms with van der Waals surface area (Å²) in [5.41, 5.74) is 1.07. The number of rotatable bonds is 8. The van der Waals surface area contributed by atoms with Crippen LogP contribution in [0, 0.1) is 0 Å². The summed E-state index contributed by atoms with van der Waals surface area (Å²) in [5.74, 6) is -0.000694. The molecule has 1 atom stereocenters. The summed E-state index contributed by atoms with van der Waals surface area (Å²) in [5, 5.41) is 11.4. The average molecular weight is 507 g/mol. The topological polar surface area (TPSA) is 97.8 Å². The Labute approximate surface area is 215 Å². The Morgan fingerprint density at radius 2 is 1.81 bits per heavy atom. The van der Waals surface area contributed by atoms with E-state index in [1.165, 1.54) is 4.90 Å². The number of ether oxygens (including phenoxy) is 4. The van der Waals surface area contributed by atoms with E-state index in [-0.39, 0.29) is 11.3 Å². The molecule has 3 aliphatic rings. The third kappa shape index (κ3) is 5.19. The Hall–Kier alpha value is -3.82. The number of likely N-dealkylation sites (tertiary alicyclic amines) is 1. The van der Waals surface area contributed by atoms with Crippen molar-refractivity contribution in [3.05, 3.63) is 71.8 Å². The highest BCUT2D eigenvalue weighted by molar-refractivity contribution is 6.46. The summed E-state index contributed by atoms with van der Waals surface area (Å²) < 4.78 is 22.4. The summed E-state index contributed by atoms with van der Waals surface area (Å²) >= 11 is 0. The van der Waals surface area contributed by atoms with E-state index in [2.05, 4.69) is 11.5 Å². The van der Waals surface area contributed by atoms with Crippen LogP contribution in [-0.2, 0) is 14.3 Å². The van der Waals surface area contributed by atoms with Gasteiger partial charge in [0, 0.05) is 31.7 Å². The average Bonchev–Trinajstić information content (AvgIpc) is 3.20. The minimum atomic E-state index is -0.776. The first-order valence-electron chi connectivity index (χ1n) is 12.4. The number of aliphatic hydroxyl groups is 1. The van der Waals surface area contributed by atoms with E-state index in [0.717, 1.165) is 13.1 Å². The summed E-state index contributed by atoms with van der Waals surface area (Å²) in [6, 6.07) is 11.4. The number of hydrogen-bond acceptors (Lipinski definition) is 8. The van der Waals surface area contributed by atoms with Crippen molar-refractivity contribution in [3.63, 3.8) is 0 Å². The van der Waals surface area contributed by atoms with Gasteiger partial charge in [0.25, 0.3) is 11.7 Å². The lowest BCUT2D eigenvalue weighted by atomic mass is 9.95. The molecule has 0 aliphatic carbocycles.